The Morgan fingerprint density at radius 1 is 0.867 bits per heavy atom. The molecule has 1 aliphatic heterocycles. The van der Waals surface area contributed by atoms with Crippen molar-refractivity contribution < 1.29 is 5.11 Å². The third kappa shape index (κ3) is 2.07. The van der Waals surface area contributed by atoms with Crippen molar-refractivity contribution in [3.05, 3.63) is 0 Å². The van der Waals surface area contributed by atoms with E-state index in [1.54, 1.807) is 0 Å². The smallest absolute Gasteiger partial charge is 0.0695 e. The van der Waals surface area contributed by atoms with E-state index in [4.69, 9.17) is 0 Å². The number of nitrogens with zero attached hydrogens (tertiary/aromatic N) is 1. The molecule has 1 N–H and O–H groups in total. The number of rotatable bonds is 1. The van der Waals surface area contributed by atoms with Crippen LogP contribution in [-0.4, -0.2) is 35.2 Å². The molecule has 0 aromatic heterocycles. The van der Waals surface area contributed by atoms with Crippen LogP contribution in [0, 0.1) is 11.8 Å². The zero-order chi connectivity index (χ0) is 10.3. The molecule has 2 heteroatoms. The van der Waals surface area contributed by atoms with Gasteiger partial charge in [0.2, 0.25) is 0 Å². The minimum absolute atomic E-state index is 0.0374. The van der Waals surface area contributed by atoms with E-state index in [2.05, 4.69) is 4.90 Å². The topological polar surface area (TPSA) is 23.5 Å². The van der Waals surface area contributed by atoms with Crippen LogP contribution in [0.1, 0.15) is 44.9 Å². The van der Waals surface area contributed by atoms with Crippen molar-refractivity contribution in [2.75, 3.05) is 13.1 Å². The fourth-order valence-corrected chi connectivity index (χ4v) is 3.67. The van der Waals surface area contributed by atoms with Gasteiger partial charge < -0.3 is 5.11 Å². The summed E-state index contributed by atoms with van der Waals surface area (Å²) in [5.41, 5.74) is 0. The highest BCUT2D eigenvalue weighted by Gasteiger charge is 2.40. The third-order valence-corrected chi connectivity index (χ3v) is 4.79. The van der Waals surface area contributed by atoms with Crippen LogP contribution >= 0.6 is 0 Å². The molecule has 3 fully saturated rings. The SMILES string of the molecule is O[C@@H]1CC[C@@H]2C[C@H]2CC[C@@H]1N1CCCC1. The van der Waals surface area contributed by atoms with Gasteiger partial charge in [0, 0.05) is 6.04 Å². The molecular weight excluding hydrogens is 186 g/mol. The lowest BCUT2D eigenvalue weighted by Crippen LogP contribution is -2.42. The molecule has 4 atom stereocenters. The first kappa shape index (κ1) is 10.1. The summed E-state index contributed by atoms with van der Waals surface area (Å²) in [6.07, 6.45) is 9.08. The molecule has 86 valence electrons. The van der Waals surface area contributed by atoms with Gasteiger partial charge in [-0.25, -0.2) is 0 Å². The molecule has 0 aromatic rings. The Morgan fingerprint density at radius 2 is 1.53 bits per heavy atom. The number of aliphatic hydroxyl groups is 1. The maximum Gasteiger partial charge on any atom is 0.0695 e. The quantitative estimate of drug-likeness (QED) is 0.714. The summed E-state index contributed by atoms with van der Waals surface area (Å²) in [5.74, 6) is 2.02. The summed E-state index contributed by atoms with van der Waals surface area (Å²) in [7, 11) is 0. The Bertz CT molecular complexity index is 225. The van der Waals surface area contributed by atoms with Crippen molar-refractivity contribution in [1.29, 1.82) is 0 Å². The van der Waals surface area contributed by atoms with E-state index in [-0.39, 0.29) is 6.10 Å². The minimum Gasteiger partial charge on any atom is -0.391 e. The van der Waals surface area contributed by atoms with E-state index in [1.165, 1.54) is 51.6 Å². The van der Waals surface area contributed by atoms with Crippen LogP contribution in [0.3, 0.4) is 0 Å². The van der Waals surface area contributed by atoms with Gasteiger partial charge in [-0.05, 0) is 69.9 Å². The molecule has 2 aliphatic carbocycles. The van der Waals surface area contributed by atoms with E-state index in [0.717, 1.165) is 18.3 Å². The van der Waals surface area contributed by atoms with Gasteiger partial charge in [-0.15, -0.1) is 0 Å². The summed E-state index contributed by atoms with van der Waals surface area (Å²) in [6, 6.07) is 0.494. The lowest BCUT2D eigenvalue weighted by molar-refractivity contribution is 0.0421. The molecule has 0 bridgehead atoms. The Labute approximate surface area is 92.7 Å². The molecule has 0 aromatic carbocycles. The van der Waals surface area contributed by atoms with E-state index in [9.17, 15) is 5.11 Å². The lowest BCUT2D eigenvalue weighted by Gasteiger charge is -2.33. The van der Waals surface area contributed by atoms with Crippen LogP contribution in [0.4, 0.5) is 0 Å². The second-order valence-corrected chi connectivity index (χ2v) is 5.79. The second kappa shape index (κ2) is 4.06. The predicted octanol–water partition coefficient (Wildman–Crippen LogP) is 2.02. The van der Waals surface area contributed by atoms with Crippen molar-refractivity contribution >= 4 is 0 Å². The summed E-state index contributed by atoms with van der Waals surface area (Å²) >= 11 is 0. The number of hydrogen-bond acceptors (Lipinski definition) is 2. The number of fused-ring (bicyclic) bond motifs is 1. The fraction of sp³-hybridized carbons (Fsp3) is 1.00. The van der Waals surface area contributed by atoms with Gasteiger partial charge in [0.05, 0.1) is 6.10 Å². The van der Waals surface area contributed by atoms with Crippen molar-refractivity contribution in [3.8, 4) is 0 Å². The Hall–Kier alpha value is -0.0800. The van der Waals surface area contributed by atoms with Crippen LogP contribution < -0.4 is 0 Å². The van der Waals surface area contributed by atoms with E-state index < -0.39 is 0 Å². The van der Waals surface area contributed by atoms with Crippen molar-refractivity contribution in [1.82, 2.24) is 4.90 Å². The highest BCUT2D eigenvalue weighted by atomic mass is 16.3. The standard InChI is InChI=1S/C13H23NO/c15-13-6-4-11-9-10(11)3-5-12(13)14-7-1-2-8-14/h10-13,15H,1-9H2/t10-,11-,12+,13-/m1/s1. The first-order valence-corrected chi connectivity index (χ1v) is 6.77. The van der Waals surface area contributed by atoms with E-state index in [1.807, 2.05) is 0 Å². The van der Waals surface area contributed by atoms with Crippen LogP contribution in [0.2, 0.25) is 0 Å². The minimum atomic E-state index is -0.0374. The predicted molar refractivity (Wildman–Crippen MR) is 60.7 cm³/mol. The van der Waals surface area contributed by atoms with Gasteiger partial charge in [-0.2, -0.15) is 0 Å². The van der Waals surface area contributed by atoms with E-state index >= 15 is 0 Å². The van der Waals surface area contributed by atoms with Gasteiger partial charge in [-0.3, -0.25) is 4.90 Å². The van der Waals surface area contributed by atoms with Gasteiger partial charge >= 0.3 is 0 Å². The summed E-state index contributed by atoms with van der Waals surface area (Å²) in [6.45, 7) is 2.46. The highest BCUT2D eigenvalue weighted by Crippen LogP contribution is 2.47. The molecule has 1 saturated heterocycles. The Morgan fingerprint density at radius 3 is 2.27 bits per heavy atom. The highest BCUT2D eigenvalue weighted by molar-refractivity contribution is 4.93. The summed E-state index contributed by atoms with van der Waals surface area (Å²) < 4.78 is 0. The molecule has 1 heterocycles. The maximum atomic E-state index is 10.2. The zero-order valence-corrected chi connectivity index (χ0v) is 9.57. The maximum absolute atomic E-state index is 10.2. The molecular formula is C13H23NO. The average Bonchev–Trinajstić information content (AvgIpc) is 2.74. The average molecular weight is 209 g/mol. The number of aliphatic hydroxyl groups excluding tert-OH is 1. The van der Waals surface area contributed by atoms with Gasteiger partial charge in [0.15, 0.2) is 0 Å². The molecule has 3 aliphatic rings. The van der Waals surface area contributed by atoms with Crippen LogP contribution in [0.15, 0.2) is 0 Å². The third-order valence-electron chi connectivity index (χ3n) is 4.79. The lowest BCUT2D eigenvalue weighted by atomic mass is 9.93. The van der Waals surface area contributed by atoms with Crippen LogP contribution in [0.5, 0.6) is 0 Å². The molecule has 0 spiro atoms. The van der Waals surface area contributed by atoms with Gasteiger partial charge in [-0.1, -0.05) is 0 Å². The summed E-state index contributed by atoms with van der Waals surface area (Å²) in [4.78, 5) is 2.55. The van der Waals surface area contributed by atoms with Crippen LogP contribution in [-0.2, 0) is 0 Å². The Balaban J connectivity index is 1.63. The molecule has 15 heavy (non-hydrogen) atoms. The first-order chi connectivity index (χ1) is 7.34. The van der Waals surface area contributed by atoms with Crippen molar-refractivity contribution in [3.63, 3.8) is 0 Å². The molecule has 0 unspecified atom stereocenters. The Kier molecular flexibility index (Phi) is 2.73. The number of likely N-dealkylation sites (tertiary alicyclic amines) is 1. The normalized spacial score (nSPS) is 47.0. The summed E-state index contributed by atoms with van der Waals surface area (Å²) in [5, 5.41) is 10.2. The zero-order valence-electron chi connectivity index (χ0n) is 9.57. The van der Waals surface area contributed by atoms with Gasteiger partial charge in [0.25, 0.3) is 0 Å². The first-order valence-electron chi connectivity index (χ1n) is 6.77. The van der Waals surface area contributed by atoms with Crippen molar-refractivity contribution in [2.45, 2.75) is 57.1 Å². The fourth-order valence-electron chi connectivity index (χ4n) is 3.67. The molecule has 0 amide bonds. The molecule has 2 nitrogen and oxygen atoms in total. The second-order valence-electron chi connectivity index (χ2n) is 5.79. The van der Waals surface area contributed by atoms with Crippen LogP contribution in [0.25, 0.3) is 0 Å². The largest absolute Gasteiger partial charge is 0.391 e. The number of hydrogen-bond donors (Lipinski definition) is 1. The van der Waals surface area contributed by atoms with Crippen molar-refractivity contribution in [2.24, 2.45) is 11.8 Å². The van der Waals surface area contributed by atoms with Gasteiger partial charge in [0.1, 0.15) is 0 Å². The molecule has 2 saturated carbocycles. The monoisotopic (exact) mass is 209 g/mol. The molecule has 0 radical (unpaired) electrons. The van der Waals surface area contributed by atoms with E-state index in [0.29, 0.717) is 6.04 Å². The molecule has 3 rings (SSSR count).